The first-order valence-electron chi connectivity index (χ1n) is 7.31. The average Bonchev–Trinajstić information content (AvgIpc) is 2.97. The highest BCUT2D eigenvalue weighted by molar-refractivity contribution is 5.97. The molecule has 3 rings (SSSR count). The third-order valence-electron chi connectivity index (χ3n) is 4.08. The number of hydrogen-bond donors (Lipinski definition) is 1. The number of nitrogens with zero attached hydrogens (tertiary/aromatic N) is 1. The Morgan fingerprint density at radius 2 is 2.09 bits per heavy atom. The fourth-order valence-electron chi connectivity index (χ4n) is 2.93. The molecule has 0 aliphatic heterocycles. The average molecular weight is 312 g/mol. The summed E-state index contributed by atoms with van der Waals surface area (Å²) < 4.78 is 5.15. The number of nitro groups is 1. The van der Waals surface area contributed by atoms with Crippen LogP contribution in [0.15, 0.2) is 42.5 Å². The lowest BCUT2D eigenvalue weighted by Gasteiger charge is -2.15. The molecule has 118 valence electrons. The molecule has 6 nitrogen and oxygen atoms in total. The highest BCUT2D eigenvalue weighted by atomic mass is 16.6. The van der Waals surface area contributed by atoms with Crippen LogP contribution in [0.4, 0.5) is 5.69 Å². The van der Waals surface area contributed by atoms with Crippen molar-refractivity contribution in [3.8, 4) is 5.75 Å². The van der Waals surface area contributed by atoms with Crippen molar-refractivity contribution in [1.82, 2.24) is 5.32 Å². The SMILES string of the molecule is COc1ccc([N+](=O)[O-])cc1C(=O)NC1CCc2ccccc21. The molecule has 23 heavy (non-hydrogen) atoms. The number of nitro benzene ring substituents is 1. The number of amides is 1. The summed E-state index contributed by atoms with van der Waals surface area (Å²) in [5.41, 5.74) is 2.36. The number of nitrogens with one attached hydrogen (secondary N) is 1. The normalized spacial score (nSPS) is 15.8. The summed E-state index contributed by atoms with van der Waals surface area (Å²) in [6.45, 7) is 0. The van der Waals surface area contributed by atoms with Gasteiger partial charge in [-0.3, -0.25) is 14.9 Å². The number of methoxy groups -OCH3 is 1. The summed E-state index contributed by atoms with van der Waals surface area (Å²) >= 11 is 0. The maximum atomic E-state index is 12.6. The molecule has 0 heterocycles. The van der Waals surface area contributed by atoms with Gasteiger partial charge in [-0.15, -0.1) is 0 Å². The molecule has 1 unspecified atom stereocenters. The van der Waals surface area contributed by atoms with Crippen molar-refractivity contribution >= 4 is 11.6 Å². The van der Waals surface area contributed by atoms with E-state index in [0.29, 0.717) is 5.75 Å². The number of aryl methyl sites for hydroxylation is 1. The van der Waals surface area contributed by atoms with E-state index in [1.807, 2.05) is 18.2 Å². The van der Waals surface area contributed by atoms with Gasteiger partial charge in [0, 0.05) is 12.1 Å². The number of hydrogen-bond acceptors (Lipinski definition) is 4. The lowest BCUT2D eigenvalue weighted by atomic mass is 10.1. The summed E-state index contributed by atoms with van der Waals surface area (Å²) in [5, 5.41) is 13.9. The van der Waals surface area contributed by atoms with E-state index in [-0.39, 0.29) is 23.2 Å². The Balaban J connectivity index is 1.87. The maximum absolute atomic E-state index is 12.6. The summed E-state index contributed by atoms with van der Waals surface area (Å²) in [4.78, 5) is 22.9. The van der Waals surface area contributed by atoms with Crippen molar-refractivity contribution < 1.29 is 14.5 Å². The fourth-order valence-corrected chi connectivity index (χ4v) is 2.93. The van der Waals surface area contributed by atoms with Crippen LogP contribution in [0.5, 0.6) is 5.75 Å². The Labute approximate surface area is 133 Å². The summed E-state index contributed by atoms with van der Waals surface area (Å²) in [5.74, 6) is -0.0494. The van der Waals surface area contributed by atoms with Gasteiger partial charge >= 0.3 is 0 Å². The van der Waals surface area contributed by atoms with E-state index in [1.165, 1.54) is 30.9 Å². The predicted molar refractivity (Wildman–Crippen MR) is 84.6 cm³/mol. The molecule has 1 amide bonds. The third-order valence-corrected chi connectivity index (χ3v) is 4.08. The van der Waals surface area contributed by atoms with E-state index in [9.17, 15) is 14.9 Å². The lowest BCUT2D eigenvalue weighted by Crippen LogP contribution is -2.27. The number of carbonyl (C=O) groups is 1. The quantitative estimate of drug-likeness (QED) is 0.695. The van der Waals surface area contributed by atoms with Crippen LogP contribution in [0.25, 0.3) is 0 Å². The number of fused-ring (bicyclic) bond motifs is 1. The van der Waals surface area contributed by atoms with Crippen LogP contribution in [-0.2, 0) is 6.42 Å². The molecule has 0 saturated carbocycles. The number of ether oxygens (including phenoxy) is 1. The van der Waals surface area contributed by atoms with Crippen molar-refractivity contribution in [2.75, 3.05) is 7.11 Å². The van der Waals surface area contributed by atoms with Gasteiger partial charge in [-0.05, 0) is 30.0 Å². The van der Waals surface area contributed by atoms with Crippen LogP contribution < -0.4 is 10.1 Å². The molecule has 2 aromatic rings. The van der Waals surface area contributed by atoms with E-state index in [0.717, 1.165) is 18.4 Å². The van der Waals surface area contributed by atoms with E-state index in [4.69, 9.17) is 4.74 Å². The molecule has 2 aromatic carbocycles. The minimum Gasteiger partial charge on any atom is -0.496 e. The van der Waals surface area contributed by atoms with Gasteiger partial charge in [-0.2, -0.15) is 0 Å². The molecule has 0 saturated heterocycles. The number of rotatable bonds is 4. The standard InChI is InChI=1S/C17H16N2O4/c1-23-16-9-7-12(19(21)22)10-14(16)17(20)18-15-8-6-11-4-2-3-5-13(11)15/h2-5,7,9-10,15H,6,8H2,1H3,(H,18,20). The molecule has 0 radical (unpaired) electrons. The Bertz CT molecular complexity index is 773. The van der Waals surface area contributed by atoms with E-state index in [2.05, 4.69) is 11.4 Å². The molecule has 1 aliphatic rings. The zero-order chi connectivity index (χ0) is 16.4. The molecular formula is C17H16N2O4. The topological polar surface area (TPSA) is 81.5 Å². The molecule has 6 heteroatoms. The number of benzene rings is 2. The summed E-state index contributed by atoms with van der Waals surface area (Å²) in [7, 11) is 1.43. The Kier molecular flexibility index (Phi) is 3.97. The van der Waals surface area contributed by atoms with Crippen LogP contribution in [0.1, 0.15) is 33.9 Å². The highest BCUT2D eigenvalue weighted by Crippen LogP contribution is 2.32. The van der Waals surface area contributed by atoms with Crippen molar-refractivity contribution in [2.45, 2.75) is 18.9 Å². The smallest absolute Gasteiger partial charge is 0.270 e. The first-order chi connectivity index (χ1) is 11.1. The lowest BCUT2D eigenvalue weighted by molar-refractivity contribution is -0.384. The van der Waals surface area contributed by atoms with Crippen LogP contribution in [0.3, 0.4) is 0 Å². The van der Waals surface area contributed by atoms with Gasteiger partial charge in [-0.25, -0.2) is 0 Å². The van der Waals surface area contributed by atoms with E-state index >= 15 is 0 Å². The number of non-ortho nitro benzene ring substituents is 1. The largest absolute Gasteiger partial charge is 0.496 e. The maximum Gasteiger partial charge on any atom is 0.270 e. The van der Waals surface area contributed by atoms with Crippen LogP contribution in [-0.4, -0.2) is 17.9 Å². The highest BCUT2D eigenvalue weighted by Gasteiger charge is 2.25. The molecule has 0 aromatic heterocycles. The minimum atomic E-state index is -0.527. The van der Waals surface area contributed by atoms with Crippen molar-refractivity contribution in [3.05, 3.63) is 69.3 Å². The van der Waals surface area contributed by atoms with Crippen molar-refractivity contribution in [3.63, 3.8) is 0 Å². The molecule has 0 bridgehead atoms. The second-order valence-corrected chi connectivity index (χ2v) is 5.41. The Morgan fingerprint density at radius 1 is 1.30 bits per heavy atom. The van der Waals surface area contributed by atoms with Crippen LogP contribution in [0, 0.1) is 10.1 Å². The predicted octanol–water partition coefficient (Wildman–Crippen LogP) is 3.02. The van der Waals surface area contributed by atoms with Gasteiger partial charge in [0.1, 0.15) is 5.75 Å². The molecule has 0 spiro atoms. The third kappa shape index (κ3) is 2.88. The first kappa shape index (κ1) is 15.0. The molecule has 0 fully saturated rings. The molecule has 1 N–H and O–H groups in total. The summed E-state index contributed by atoms with van der Waals surface area (Å²) in [6, 6.07) is 11.9. The fraction of sp³-hybridized carbons (Fsp3) is 0.235. The van der Waals surface area contributed by atoms with Crippen molar-refractivity contribution in [1.29, 1.82) is 0 Å². The Morgan fingerprint density at radius 3 is 2.83 bits per heavy atom. The Hall–Kier alpha value is -2.89. The minimum absolute atomic E-state index is 0.0809. The van der Waals surface area contributed by atoms with E-state index < -0.39 is 4.92 Å². The second-order valence-electron chi connectivity index (χ2n) is 5.41. The van der Waals surface area contributed by atoms with Gasteiger partial charge in [-0.1, -0.05) is 24.3 Å². The van der Waals surface area contributed by atoms with Gasteiger partial charge in [0.05, 0.1) is 23.6 Å². The molecule has 1 aliphatic carbocycles. The van der Waals surface area contributed by atoms with Crippen LogP contribution in [0.2, 0.25) is 0 Å². The van der Waals surface area contributed by atoms with Crippen LogP contribution >= 0.6 is 0 Å². The van der Waals surface area contributed by atoms with E-state index in [1.54, 1.807) is 0 Å². The molecular weight excluding hydrogens is 296 g/mol. The van der Waals surface area contributed by atoms with Gasteiger partial charge in [0.2, 0.25) is 0 Å². The summed E-state index contributed by atoms with van der Waals surface area (Å²) in [6.07, 6.45) is 1.73. The second kappa shape index (κ2) is 6.08. The monoisotopic (exact) mass is 312 g/mol. The first-order valence-corrected chi connectivity index (χ1v) is 7.31. The van der Waals surface area contributed by atoms with Gasteiger partial charge in [0.15, 0.2) is 0 Å². The zero-order valence-electron chi connectivity index (χ0n) is 12.6. The molecule has 1 atom stereocenters. The van der Waals surface area contributed by atoms with Gasteiger partial charge in [0.25, 0.3) is 11.6 Å². The zero-order valence-corrected chi connectivity index (χ0v) is 12.6. The number of carbonyl (C=O) groups excluding carboxylic acids is 1. The van der Waals surface area contributed by atoms with Gasteiger partial charge < -0.3 is 10.1 Å². The van der Waals surface area contributed by atoms with Crippen molar-refractivity contribution in [2.24, 2.45) is 0 Å².